The number of unbranched alkanes of at least 4 members (excludes halogenated alkanes) is 1. The van der Waals surface area contributed by atoms with Crippen molar-refractivity contribution in [1.29, 1.82) is 0 Å². The van der Waals surface area contributed by atoms with Gasteiger partial charge < -0.3 is 14.8 Å². The molecule has 0 fully saturated rings. The van der Waals surface area contributed by atoms with E-state index in [0.717, 1.165) is 31.0 Å². The second-order valence-corrected chi connectivity index (χ2v) is 8.18. The highest BCUT2D eigenvalue weighted by Crippen LogP contribution is 2.44. The summed E-state index contributed by atoms with van der Waals surface area (Å²) in [6, 6.07) is 15.2. The van der Waals surface area contributed by atoms with Gasteiger partial charge in [-0.15, -0.1) is 0 Å². The number of fused-ring (bicyclic) bond motifs is 1. The molecule has 2 aromatic carbocycles. The van der Waals surface area contributed by atoms with Crippen LogP contribution < -0.4 is 14.8 Å². The molecule has 1 N–H and O–H groups in total. The van der Waals surface area contributed by atoms with Crippen molar-refractivity contribution >= 4 is 0 Å². The van der Waals surface area contributed by atoms with Crippen LogP contribution in [0.3, 0.4) is 0 Å². The fourth-order valence-corrected chi connectivity index (χ4v) is 3.72. The zero-order valence-electron chi connectivity index (χ0n) is 17.2. The number of ether oxygens (including phenoxy) is 2. The Balaban J connectivity index is 1.66. The SMILES string of the molecule is CCCCNCCOc1ccc([C@H]2CC(C)(C)Oc3cc(C)ccc32)cc1. The van der Waals surface area contributed by atoms with Gasteiger partial charge in [0.1, 0.15) is 23.7 Å². The number of hydrogen-bond acceptors (Lipinski definition) is 3. The van der Waals surface area contributed by atoms with E-state index < -0.39 is 0 Å². The average molecular weight is 368 g/mol. The molecule has 27 heavy (non-hydrogen) atoms. The highest BCUT2D eigenvalue weighted by Gasteiger charge is 2.34. The Morgan fingerprint density at radius 3 is 2.63 bits per heavy atom. The summed E-state index contributed by atoms with van der Waals surface area (Å²) in [6.45, 7) is 11.3. The van der Waals surface area contributed by atoms with Crippen LogP contribution in [-0.4, -0.2) is 25.3 Å². The van der Waals surface area contributed by atoms with Gasteiger partial charge in [-0.2, -0.15) is 0 Å². The summed E-state index contributed by atoms with van der Waals surface area (Å²) in [5.41, 5.74) is 3.69. The van der Waals surface area contributed by atoms with Crippen LogP contribution in [0, 0.1) is 6.92 Å². The predicted octanol–water partition coefficient (Wildman–Crippen LogP) is 5.46. The van der Waals surface area contributed by atoms with Gasteiger partial charge in [0.15, 0.2) is 0 Å². The number of benzene rings is 2. The smallest absolute Gasteiger partial charge is 0.124 e. The van der Waals surface area contributed by atoms with Gasteiger partial charge in [0, 0.05) is 18.0 Å². The summed E-state index contributed by atoms with van der Waals surface area (Å²) in [5, 5.41) is 3.41. The van der Waals surface area contributed by atoms with Crippen LogP contribution in [0.1, 0.15) is 62.6 Å². The van der Waals surface area contributed by atoms with E-state index in [4.69, 9.17) is 9.47 Å². The molecule has 0 spiro atoms. The molecule has 0 bridgehead atoms. The maximum Gasteiger partial charge on any atom is 0.124 e. The fourth-order valence-electron chi connectivity index (χ4n) is 3.72. The van der Waals surface area contributed by atoms with Crippen molar-refractivity contribution in [3.05, 3.63) is 59.2 Å². The lowest BCUT2D eigenvalue weighted by molar-refractivity contribution is 0.0774. The van der Waals surface area contributed by atoms with Crippen LogP contribution >= 0.6 is 0 Å². The molecule has 1 heterocycles. The van der Waals surface area contributed by atoms with E-state index in [2.05, 4.69) is 75.5 Å². The van der Waals surface area contributed by atoms with Gasteiger partial charge in [-0.1, -0.05) is 37.6 Å². The monoisotopic (exact) mass is 367 g/mol. The number of aryl methyl sites for hydroxylation is 1. The molecule has 146 valence electrons. The Hall–Kier alpha value is -2.00. The molecule has 1 aliphatic heterocycles. The van der Waals surface area contributed by atoms with Crippen LogP contribution in [0.25, 0.3) is 0 Å². The normalized spacial score (nSPS) is 17.9. The molecule has 0 radical (unpaired) electrons. The first-order chi connectivity index (χ1) is 13.0. The Kier molecular flexibility index (Phi) is 6.43. The minimum absolute atomic E-state index is 0.162. The number of rotatable bonds is 8. The van der Waals surface area contributed by atoms with Gasteiger partial charge in [0.05, 0.1) is 0 Å². The zero-order valence-corrected chi connectivity index (χ0v) is 17.2. The van der Waals surface area contributed by atoms with Crippen molar-refractivity contribution in [1.82, 2.24) is 5.32 Å². The van der Waals surface area contributed by atoms with Gasteiger partial charge in [0.25, 0.3) is 0 Å². The zero-order chi connectivity index (χ0) is 19.3. The molecule has 0 amide bonds. The molecule has 0 unspecified atom stereocenters. The highest BCUT2D eigenvalue weighted by atomic mass is 16.5. The third kappa shape index (κ3) is 5.26. The molecule has 3 heteroatoms. The summed E-state index contributed by atoms with van der Waals surface area (Å²) in [6.07, 6.45) is 3.42. The lowest BCUT2D eigenvalue weighted by Crippen LogP contribution is -2.35. The molecule has 1 aliphatic rings. The first kappa shape index (κ1) is 19.8. The van der Waals surface area contributed by atoms with Crippen LogP contribution in [0.5, 0.6) is 11.5 Å². The van der Waals surface area contributed by atoms with Crippen LogP contribution in [-0.2, 0) is 0 Å². The van der Waals surface area contributed by atoms with E-state index in [1.807, 2.05) is 0 Å². The average Bonchev–Trinajstić information content (AvgIpc) is 2.63. The quantitative estimate of drug-likeness (QED) is 0.629. The third-order valence-electron chi connectivity index (χ3n) is 5.16. The third-order valence-corrected chi connectivity index (χ3v) is 5.16. The van der Waals surface area contributed by atoms with Gasteiger partial charge in [-0.3, -0.25) is 0 Å². The van der Waals surface area contributed by atoms with Crippen molar-refractivity contribution in [3.8, 4) is 11.5 Å². The lowest BCUT2D eigenvalue weighted by Gasteiger charge is -2.38. The molecule has 0 aromatic heterocycles. The molecule has 0 saturated carbocycles. The van der Waals surface area contributed by atoms with Gasteiger partial charge >= 0.3 is 0 Å². The van der Waals surface area contributed by atoms with E-state index in [0.29, 0.717) is 12.5 Å². The summed E-state index contributed by atoms with van der Waals surface area (Å²) in [7, 11) is 0. The summed E-state index contributed by atoms with van der Waals surface area (Å²) in [4.78, 5) is 0. The van der Waals surface area contributed by atoms with Gasteiger partial charge in [0.2, 0.25) is 0 Å². The minimum Gasteiger partial charge on any atom is -0.492 e. The second-order valence-electron chi connectivity index (χ2n) is 8.18. The van der Waals surface area contributed by atoms with Crippen molar-refractivity contribution in [2.75, 3.05) is 19.7 Å². The Bertz CT molecular complexity index is 737. The van der Waals surface area contributed by atoms with Crippen molar-refractivity contribution in [2.45, 2.75) is 58.5 Å². The van der Waals surface area contributed by atoms with Gasteiger partial charge in [-0.25, -0.2) is 0 Å². The van der Waals surface area contributed by atoms with Crippen LogP contribution in [0.15, 0.2) is 42.5 Å². The molecule has 0 aliphatic carbocycles. The van der Waals surface area contributed by atoms with Crippen LogP contribution in [0.2, 0.25) is 0 Å². The van der Waals surface area contributed by atoms with E-state index >= 15 is 0 Å². The second kappa shape index (κ2) is 8.79. The van der Waals surface area contributed by atoms with E-state index in [9.17, 15) is 0 Å². The number of hydrogen-bond donors (Lipinski definition) is 1. The highest BCUT2D eigenvalue weighted by molar-refractivity contribution is 5.47. The van der Waals surface area contributed by atoms with Crippen molar-refractivity contribution < 1.29 is 9.47 Å². The maximum absolute atomic E-state index is 6.24. The molecule has 1 atom stereocenters. The van der Waals surface area contributed by atoms with E-state index in [-0.39, 0.29) is 5.60 Å². The molecule has 3 rings (SSSR count). The lowest BCUT2D eigenvalue weighted by atomic mass is 9.80. The van der Waals surface area contributed by atoms with Gasteiger partial charge in [-0.05, 0) is 69.5 Å². The van der Waals surface area contributed by atoms with Crippen molar-refractivity contribution in [3.63, 3.8) is 0 Å². The Morgan fingerprint density at radius 1 is 1.11 bits per heavy atom. The maximum atomic E-state index is 6.24. The predicted molar refractivity (Wildman–Crippen MR) is 112 cm³/mol. The summed E-state index contributed by atoms with van der Waals surface area (Å²) in [5.74, 6) is 2.32. The first-order valence-corrected chi connectivity index (χ1v) is 10.2. The minimum atomic E-state index is -0.162. The fraction of sp³-hybridized carbons (Fsp3) is 0.500. The topological polar surface area (TPSA) is 30.5 Å². The van der Waals surface area contributed by atoms with E-state index in [1.165, 1.54) is 29.5 Å². The van der Waals surface area contributed by atoms with E-state index in [1.54, 1.807) is 0 Å². The molecular formula is C24H33NO2. The standard InChI is InChI=1S/C24H33NO2/c1-5-6-13-25-14-15-26-20-10-8-19(9-11-20)22-17-24(3,4)27-23-16-18(2)7-12-21(22)23/h7-12,16,22,25H,5-6,13-15,17H2,1-4H3/t22-/m1/s1. The largest absolute Gasteiger partial charge is 0.492 e. The molecule has 2 aromatic rings. The Morgan fingerprint density at radius 2 is 1.89 bits per heavy atom. The Labute approximate surface area is 164 Å². The van der Waals surface area contributed by atoms with Crippen molar-refractivity contribution in [2.24, 2.45) is 0 Å². The summed E-state index contributed by atoms with van der Waals surface area (Å²) >= 11 is 0. The molecular weight excluding hydrogens is 334 g/mol. The summed E-state index contributed by atoms with van der Waals surface area (Å²) < 4.78 is 12.1. The molecule has 0 saturated heterocycles. The molecule has 3 nitrogen and oxygen atoms in total. The van der Waals surface area contributed by atoms with Crippen LogP contribution in [0.4, 0.5) is 0 Å². The first-order valence-electron chi connectivity index (χ1n) is 10.2. The number of nitrogens with one attached hydrogen (secondary N) is 1.